The van der Waals surface area contributed by atoms with Gasteiger partial charge in [0.15, 0.2) is 8.32 Å². The first kappa shape index (κ1) is 36.3. The first-order valence-electron chi connectivity index (χ1n) is 16.7. The Kier molecular flexibility index (Phi) is 10.7. The summed E-state index contributed by atoms with van der Waals surface area (Å²) < 4.78 is 7.09. The number of aliphatic imine (C=N–C) groups is 1. The van der Waals surface area contributed by atoms with Gasteiger partial charge in [-0.25, -0.2) is 0 Å². The van der Waals surface area contributed by atoms with Gasteiger partial charge in [0.2, 0.25) is 0 Å². The van der Waals surface area contributed by atoms with E-state index in [0.29, 0.717) is 30.5 Å². The summed E-state index contributed by atoms with van der Waals surface area (Å²) in [5.41, 5.74) is 3.20. The molecule has 3 aromatic carbocycles. The van der Waals surface area contributed by atoms with Gasteiger partial charge in [0.05, 0.1) is 18.2 Å². The van der Waals surface area contributed by atoms with Crippen molar-refractivity contribution in [1.29, 1.82) is 0 Å². The Labute approximate surface area is 283 Å². The molecule has 1 amide bonds. The largest absolute Gasteiger partial charge is 0.508 e. The molecule has 1 aliphatic rings. The molecule has 6 nitrogen and oxygen atoms in total. The van der Waals surface area contributed by atoms with Crippen LogP contribution in [0.3, 0.4) is 0 Å². The van der Waals surface area contributed by atoms with Crippen molar-refractivity contribution >= 4 is 20.4 Å². The Hall–Kier alpha value is -3.52. The van der Waals surface area contributed by atoms with Gasteiger partial charge < -0.3 is 20.0 Å². The van der Waals surface area contributed by atoms with Crippen molar-refractivity contribution in [3.8, 4) is 5.75 Å². The maximum absolute atomic E-state index is 13.4. The fourth-order valence-electron chi connectivity index (χ4n) is 6.11. The molecule has 0 bridgehead atoms. The van der Waals surface area contributed by atoms with Crippen LogP contribution in [0.1, 0.15) is 100 Å². The van der Waals surface area contributed by atoms with Crippen molar-refractivity contribution in [3.05, 3.63) is 113 Å². The third kappa shape index (κ3) is 8.69. The number of allylic oxidation sites excluding steroid dienone is 1. The van der Waals surface area contributed by atoms with Gasteiger partial charge in [-0.1, -0.05) is 103 Å². The van der Waals surface area contributed by atoms with E-state index >= 15 is 0 Å². The number of aromatic hydroxyl groups is 1. The van der Waals surface area contributed by atoms with Crippen LogP contribution in [-0.4, -0.2) is 42.7 Å². The van der Waals surface area contributed by atoms with Crippen molar-refractivity contribution in [1.82, 2.24) is 5.32 Å². The van der Waals surface area contributed by atoms with Crippen LogP contribution in [0.15, 0.2) is 89.9 Å². The number of nitrogens with zero attached hydrogens (tertiary/aromatic N) is 1. The fraction of sp³-hybridized carbons (Fsp3) is 0.450. The molecule has 0 radical (unpaired) electrons. The van der Waals surface area contributed by atoms with Gasteiger partial charge in [-0.3, -0.25) is 9.79 Å². The molecule has 1 aliphatic heterocycles. The molecule has 0 saturated carbocycles. The molecule has 4 rings (SSSR count). The number of rotatable bonds is 13. The zero-order chi connectivity index (χ0) is 34.7. The molecule has 0 saturated heterocycles. The molecule has 47 heavy (non-hydrogen) atoms. The molecule has 0 aromatic heterocycles. The highest BCUT2D eigenvalue weighted by Crippen LogP contribution is 2.46. The van der Waals surface area contributed by atoms with E-state index in [-0.39, 0.29) is 40.2 Å². The second-order valence-electron chi connectivity index (χ2n) is 15.9. The third-order valence-electron chi connectivity index (χ3n) is 10.2. The van der Waals surface area contributed by atoms with E-state index in [4.69, 9.17) is 9.42 Å². The molecule has 0 fully saturated rings. The van der Waals surface area contributed by atoms with Crippen molar-refractivity contribution in [2.24, 2.45) is 4.99 Å². The van der Waals surface area contributed by atoms with Crippen molar-refractivity contribution < 1.29 is 19.4 Å². The summed E-state index contributed by atoms with van der Waals surface area (Å²) in [6.45, 7) is 20.1. The van der Waals surface area contributed by atoms with Crippen LogP contribution in [0.5, 0.6) is 5.75 Å². The summed E-state index contributed by atoms with van der Waals surface area (Å²) in [7, 11) is -2.23. The number of carbonyl (C=O) groups excluding carboxylic acids is 1. The van der Waals surface area contributed by atoms with Gasteiger partial charge in [0.25, 0.3) is 5.91 Å². The summed E-state index contributed by atoms with van der Waals surface area (Å²) in [6, 6.07) is 23.6. The number of nitrogens with one attached hydrogen (secondary N) is 1. The van der Waals surface area contributed by atoms with Crippen molar-refractivity contribution in [2.45, 2.75) is 109 Å². The average molecular weight is 655 g/mol. The van der Waals surface area contributed by atoms with Gasteiger partial charge in [-0.2, -0.15) is 0 Å². The topological polar surface area (TPSA) is 91.2 Å². The van der Waals surface area contributed by atoms with Gasteiger partial charge >= 0.3 is 0 Å². The number of aliphatic hydroxyl groups excluding tert-OH is 1. The quantitative estimate of drug-likeness (QED) is 0.161. The monoisotopic (exact) mass is 654 g/mol. The minimum atomic E-state index is -2.23. The van der Waals surface area contributed by atoms with Crippen LogP contribution in [0, 0.1) is 0 Å². The Balaban J connectivity index is 1.60. The number of amides is 1. The summed E-state index contributed by atoms with van der Waals surface area (Å²) in [6.07, 6.45) is 7.04. The van der Waals surface area contributed by atoms with Gasteiger partial charge in [-0.15, -0.1) is 0 Å². The first-order valence-corrected chi connectivity index (χ1v) is 19.6. The number of hydrogen-bond acceptors (Lipinski definition) is 5. The van der Waals surface area contributed by atoms with E-state index in [1.807, 2.05) is 60.8 Å². The molecule has 3 aromatic rings. The second-order valence-corrected chi connectivity index (χ2v) is 20.7. The lowest BCUT2D eigenvalue weighted by Crippen LogP contribution is -2.43. The number of aliphatic hydroxyl groups is 1. The van der Waals surface area contributed by atoms with Gasteiger partial charge in [0, 0.05) is 35.7 Å². The van der Waals surface area contributed by atoms with Crippen molar-refractivity contribution in [3.63, 3.8) is 0 Å². The lowest BCUT2D eigenvalue weighted by atomic mass is 9.71. The lowest BCUT2D eigenvalue weighted by Gasteiger charge is -2.42. The minimum absolute atomic E-state index is 0.0134. The second kappa shape index (κ2) is 13.9. The summed E-state index contributed by atoms with van der Waals surface area (Å²) in [5.74, 6) is -0.0143. The van der Waals surface area contributed by atoms with E-state index in [2.05, 4.69) is 91.2 Å². The average Bonchev–Trinajstić information content (AvgIpc) is 3.46. The summed E-state index contributed by atoms with van der Waals surface area (Å²) in [5, 5.41) is 23.4. The Bertz CT molecular complexity index is 1590. The zero-order valence-electron chi connectivity index (χ0n) is 29.7. The van der Waals surface area contributed by atoms with E-state index in [1.54, 1.807) is 6.07 Å². The third-order valence-corrected chi connectivity index (χ3v) is 14.6. The standard InChI is InChI=1S/C40H54N2O4Si/c1-37(2,3)47(8,9)46-35(29-19-20-34(44)31(23-29)26-43)25-40(21-14-22-42-40)27-38(4,5)33-18-13-15-30(24-33)36(45)41-28-39(6,7)32-16-11-10-12-17-32/h10-24,35,43-44H,25-28H2,1-9H3,(H,41,45). The highest BCUT2D eigenvalue weighted by molar-refractivity contribution is 6.74. The Morgan fingerprint density at radius 2 is 1.60 bits per heavy atom. The highest BCUT2D eigenvalue weighted by Gasteiger charge is 2.44. The van der Waals surface area contributed by atoms with E-state index in [1.165, 1.54) is 5.56 Å². The Morgan fingerprint density at radius 1 is 0.915 bits per heavy atom. The van der Waals surface area contributed by atoms with Gasteiger partial charge in [-0.05, 0) is 77.0 Å². The SMILES string of the molecule is CC(C)(CNC(=O)c1cccc(C(C)(C)CC2(CC(O[Si](C)(C)C(C)(C)C)c3ccc(O)c(CO)c3)C=CC=N2)c1)c1ccccc1. The lowest BCUT2D eigenvalue weighted by molar-refractivity contribution is 0.0945. The van der Waals surface area contributed by atoms with Crippen LogP contribution in [0.25, 0.3) is 0 Å². The van der Waals surface area contributed by atoms with E-state index in [9.17, 15) is 15.0 Å². The molecule has 0 spiro atoms. The molecular weight excluding hydrogens is 601 g/mol. The first-order chi connectivity index (χ1) is 21.9. The molecule has 3 N–H and O–H groups in total. The van der Waals surface area contributed by atoms with Crippen LogP contribution >= 0.6 is 0 Å². The molecule has 1 heterocycles. The summed E-state index contributed by atoms with van der Waals surface area (Å²) in [4.78, 5) is 18.5. The smallest absolute Gasteiger partial charge is 0.251 e. The normalized spacial score (nSPS) is 17.6. The molecule has 252 valence electrons. The van der Waals surface area contributed by atoms with Crippen LogP contribution < -0.4 is 5.32 Å². The zero-order valence-corrected chi connectivity index (χ0v) is 30.7. The van der Waals surface area contributed by atoms with Crippen LogP contribution in [-0.2, 0) is 21.9 Å². The van der Waals surface area contributed by atoms with Gasteiger partial charge in [0.1, 0.15) is 5.75 Å². The number of hydrogen-bond donors (Lipinski definition) is 3. The minimum Gasteiger partial charge on any atom is -0.508 e. The maximum Gasteiger partial charge on any atom is 0.251 e. The molecule has 7 heteroatoms. The number of benzene rings is 3. The maximum atomic E-state index is 13.4. The molecule has 2 unspecified atom stereocenters. The molecular formula is C40H54N2O4Si. The molecule has 0 aliphatic carbocycles. The summed E-state index contributed by atoms with van der Waals surface area (Å²) >= 11 is 0. The fourth-order valence-corrected chi connectivity index (χ4v) is 7.40. The van der Waals surface area contributed by atoms with Crippen LogP contribution in [0.4, 0.5) is 0 Å². The predicted molar refractivity (Wildman–Crippen MR) is 196 cm³/mol. The van der Waals surface area contributed by atoms with Crippen LogP contribution in [0.2, 0.25) is 18.1 Å². The highest BCUT2D eigenvalue weighted by atomic mass is 28.4. The van der Waals surface area contributed by atoms with Crippen molar-refractivity contribution in [2.75, 3.05) is 6.54 Å². The number of carbonyl (C=O) groups is 1. The van der Waals surface area contributed by atoms with E-state index in [0.717, 1.165) is 11.1 Å². The predicted octanol–water partition coefficient (Wildman–Crippen LogP) is 8.79. The molecule has 2 atom stereocenters. The Morgan fingerprint density at radius 3 is 2.21 bits per heavy atom. The number of phenols is 1. The van der Waals surface area contributed by atoms with E-state index < -0.39 is 13.9 Å².